The van der Waals surface area contributed by atoms with Gasteiger partial charge in [-0.3, -0.25) is 9.36 Å². The average Bonchev–Trinajstić information content (AvgIpc) is 3.18. The van der Waals surface area contributed by atoms with E-state index in [1.54, 1.807) is 18.4 Å². The maximum atomic E-state index is 12.6. The lowest BCUT2D eigenvalue weighted by Crippen LogP contribution is -2.53. The van der Waals surface area contributed by atoms with E-state index in [0.29, 0.717) is 31.4 Å². The Balaban J connectivity index is 1.88. The van der Waals surface area contributed by atoms with Gasteiger partial charge in [-0.15, -0.1) is 10.2 Å². The third-order valence-corrected chi connectivity index (χ3v) is 7.49. The topological polar surface area (TPSA) is 88.4 Å². The fraction of sp³-hybridized carbons (Fsp3) is 0.800. The second-order valence-electron chi connectivity index (χ2n) is 7.07. The fourth-order valence-corrected chi connectivity index (χ4v) is 4.72. The lowest BCUT2D eigenvalue weighted by atomic mass is 10.2. The molecule has 1 amide bonds. The van der Waals surface area contributed by atoms with Crippen LogP contribution in [0.25, 0.3) is 0 Å². The standard InChI is InChI=1S/C15H25N5O3S/c1-4-20-12(13(21)18-7-5-6-8-18)16-17-14(20)19-9-10-24(22,23)15(2,3)11-19/h4-11H2,1-3H3. The molecule has 0 bridgehead atoms. The van der Waals surface area contributed by atoms with Gasteiger partial charge in [0.15, 0.2) is 9.84 Å². The van der Waals surface area contributed by atoms with Crippen molar-refractivity contribution >= 4 is 21.7 Å². The number of carbonyl (C=O) groups excluding carboxylic acids is 1. The Morgan fingerprint density at radius 2 is 1.83 bits per heavy atom. The van der Waals surface area contributed by atoms with Gasteiger partial charge in [-0.25, -0.2) is 8.42 Å². The predicted octanol–water partition coefficient (Wildman–Crippen LogP) is 0.547. The molecule has 2 aliphatic heterocycles. The van der Waals surface area contributed by atoms with E-state index in [4.69, 9.17) is 0 Å². The van der Waals surface area contributed by atoms with E-state index in [1.165, 1.54) is 0 Å². The number of hydrogen-bond acceptors (Lipinski definition) is 6. The molecular weight excluding hydrogens is 330 g/mol. The summed E-state index contributed by atoms with van der Waals surface area (Å²) in [6.45, 7) is 8.24. The fourth-order valence-electron chi connectivity index (χ4n) is 3.35. The first kappa shape index (κ1) is 17.2. The highest BCUT2D eigenvalue weighted by Crippen LogP contribution is 2.27. The first-order chi connectivity index (χ1) is 11.3. The van der Waals surface area contributed by atoms with Crippen LogP contribution in [-0.2, 0) is 16.4 Å². The maximum Gasteiger partial charge on any atom is 0.291 e. The molecule has 2 saturated heterocycles. The summed E-state index contributed by atoms with van der Waals surface area (Å²) >= 11 is 0. The number of likely N-dealkylation sites (tertiary alicyclic amines) is 1. The second kappa shape index (κ2) is 6.02. The summed E-state index contributed by atoms with van der Waals surface area (Å²) in [5, 5.41) is 8.33. The molecule has 8 nitrogen and oxygen atoms in total. The zero-order valence-electron chi connectivity index (χ0n) is 14.5. The smallest absolute Gasteiger partial charge is 0.291 e. The first-order valence-corrected chi connectivity index (χ1v) is 10.1. The van der Waals surface area contributed by atoms with Crippen molar-refractivity contribution in [2.24, 2.45) is 0 Å². The van der Waals surface area contributed by atoms with E-state index in [0.717, 1.165) is 25.9 Å². The van der Waals surface area contributed by atoms with Crippen LogP contribution in [0.3, 0.4) is 0 Å². The lowest BCUT2D eigenvalue weighted by molar-refractivity contribution is 0.0775. The van der Waals surface area contributed by atoms with Crippen molar-refractivity contribution in [3.05, 3.63) is 5.82 Å². The Hall–Kier alpha value is -1.64. The first-order valence-electron chi connectivity index (χ1n) is 8.46. The largest absolute Gasteiger partial charge is 0.338 e. The van der Waals surface area contributed by atoms with E-state index < -0.39 is 14.6 Å². The Labute approximate surface area is 142 Å². The number of nitrogens with zero attached hydrogens (tertiary/aromatic N) is 5. The Morgan fingerprint density at radius 3 is 2.42 bits per heavy atom. The number of hydrogen-bond donors (Lipinski definition) is 0. The highest BCUT2D eigenvalue weighted by molar-refractivity contribution is 7.92. The quantitative estimate of drug-likeness (QED) is 0.787. The maximum absolute atomic E-state index is 12.6. The molecule has 0 unspecified atom stereocenters. The van der Waals surface area contributed by atoms with E-state index in [2.05, 4.69) is 10.2 Å². The molecule has 2 aliphatic rings. The van der Waals surface area contributed by atoms with E-state index >= 15 is 0 Å². The summed E-state index contributed by atoms with van der Waals surface area (Å²) < 4.78 is 25.3. The van der Waals surface area contributed by atoms with E-state index in [9.17, 15) is 13.2 Å². The number of aromatic nitrogens is 3. The van der Waals surface area contributed by atoms with Crippen molar-refractivity contribution in [1.82, 2.24) is 19.7 Å². The van der Waals surface area contributed by atoms with Crippen LogP contribution < -0.4 is 4.90 Å². The molecular formula is C15H25N5O3S. The summed E-state index contributed by atoms with van der Waals surface area (Å²) in [6.07, 6.45) is 2.05. The number of sulfone groups is 1. The highest BCUT2D eigenvalue weighted by atomic mass is 32.2. The van der Waals surface area contributed by atoms with Crippen LogP contribution in [0.5, 0.6) is 0 Å². The zero-order chi connectivity index (χ0) is 17.5. The van der Waals surface area contributed by atoms with Crippen molar-refractivity contribution in [2.45, 2.75) is 44.9 Å². The molecule has 9 heteroatoms. The van der Waals surface area contributed by atoms with Gasteiger partial charge in [0, 0.05) is 32.7 Å². The third kappa shape index (κ3) is 2.78. The summed E-state index contributed by atoms with van der Waals surface area (Å²) in [4.78, 5) is 16.4. The minimum atomic E-state index is -3.12. The number of amides is 1. The Kier molecular flexibility index (Phi) is 4.31. The molecule has 0 aliphatic carbocycles. The zero-order valence-corrected chi connectivity index (χ0v) is 15.3. The van der Waals surface area contributed by atoms with Crippen LogP contribution in [-0.4, -0.2) is 70.7 Å². The SMILES string of the molecule is CCn1c(C(=O)N2CCCC2)nnc1N1CCS(=O)(=O)C(C)(C)C1. The Morgan fingerprint density at radius 1 is 1.17 bits per heavy atom. The molecule has 0 aromatic carbocycles. The summed E-state index contributed by atoms with van der Waals surface area (Å²) in [5.74, 6) is 0.937. The summed E-state index contributed by atoms with van der Waals surface area (Å²) in [7, 11) is -3.12. The minimum absolute atomic E-state index is 0.0861. The molecule has 24 heavy (non-hydrogen) atoms. The van der Waals surface area contributed by atoms with Crippen molar-refractivity contribution in [3.63, 3.8) is 0 Å². The molecule has 3 heterocycles. The number of rotatable bonds is 3. The van der Waals surface area contributed by atoms with Gasteiger partial charge in [0.1, 0.15) is 0 Å². The molecule has 0 spiro atoms. The molecule has 3 rings (SSSR count). The Bertz CT molecular complexity index is 734. The van der Waals surface area contributed by atoms with Crippen molar-refractivity contribution in [3.8, 4) is 0 Å². The number of anilines is 1. The second-order valence-corrected chi connectivity index (χ2v) is 9.81. The molecule has 1 aromatic heterocycles. The third-order valence-electron chi connectivity index (χ3n) is 4.96. The normalized spacial score (nSPS) is 22.8. The molecule has 0 radical (unpaired) electrons. The van der Waals surface area contributed by atoms with Crippen LogP contribution in [0.15, 0.2) is 0 Å². The average molecular weight is 355 g/mol. The van der Waals surface area contributed by atoms with Crippen LogP contribution >= 0.6 is 0 Å². The van der Waals surface area contributed by atoms with Gasteiger partial charge in [-0.05, 0) is 33.6 Å². The monoisotopic (exact) mass is 355 g/mol. The van der Waals surface area contributed by atoms with Gasteiger partial charge in [-0.1, -0.05) is 0 Å². The van der Waals surface area contributed by atoms with Crippen molar-refractivity contribution in [1.29, 1.82) is 0 Å². The van der Waals surface area contributed by atoms with Gasteiger partial charge in [-0.2, -0.15) is 0 Å². The molecule has 134 valence electrons. The highest BCUT2D eigenvalue weighted by Gasteiger charge is 2.41. The van der Waals surface area contributed by atoms with Gasteiger partial charge in [0.25, 0.3) is 5.91 Å². The van der Waals surface area contributed by atoms with Gasteiger partial charge in [0.05, 0.1) is 10.5 Å². The molecule has 1 aromatic rings. The van der Waals surface area contributed by atoms with Crippen molar-refractivity contribution in [2.75, 3.05) is 36.8 Å². The van der Waals surface area contributed by atoms with Gasteiger partial charge >= 0.3 is 0 Å². The van der Waals surface area contributed by atoms with Crippen LogP contribution in [0, 0.1) is 0 Å². The molecule has 0 saturated carbocycles. The predicted molar refractivity (Wildman–Crippen MR) is 90.9 cm³/mol. The lowest BCUT2D eigenvalue weighted by Gasteiger charge is -2.37. The van der Waals surface area contributed by atoms with Crippen LogP contribution in [0.4, 0.5) is 5.95 Å². The number of carbonyl (C=O) groups is 1. The summed E-state index contributed by atoms with van der Waals surface area (Å²) in [5.41, 5.74) is 0. The molecule has 2 fully saturated rings. The van der Waals surface area contributed by atoms with Crippen LogP contribution in [0.2, 0.25) is 0 Å². The van der Waals surface area contributed by atoms with Gasteiger partial charge in [0.2, 0.25) is 11.8 Å². The molecule has 0 N–H and O–H groups in total. The minimum Gasteiger partial charge on any atom is -0.338 e. The van der Waals surface area contributed by atoms with Crippen LogP contribution in [0.1, 0.15) is 44.2 Å². The summed E-state index contributed by atoms with van der Waals surface area (Å²) in [6, 6.07) is 0. The van der Waals surface area contributed by atoms with Gasteiger partial charge < -0.3 is 9.80 Å². The molecule has 0 atom stereocenters. The van der Waals surface area contributed by atoms with E-state index in [1.807, 2.05) is 16.7 Å². The van der Waals surface area contributed by atoms with E-state index in [-0.39, 0.29) is 11.7 Å². The van der Waals surface area contributed by atoms with Crippen molar-refractivity contribution < 1.29 is 13.2 Å².